The molecular weight excluding hydrogens is 280 g/mol. The summed E-state index contributed by atoms with van der Waals surface area (Å²) in [6.45, 7) is 4.24. The van der Waals surface area contributed by atoms with Crippen LogP contribution in [0.5, 0.6) is 0 Å². The second-order valence-electron chi connectivity index (χ2n) is 4.22. The summed E-state index contributed by atoms with van der Waals surface area (Å²) in [5, 5.41) is 7.03. The first-order chi connectivity index (χ1) is 9.26. The molecule has 0 aliphatic carbocycles. The van der Waals surface area contributed by atoms with Crippen LogP contribution in [0.3, 0.4) is 0 Å². The normalized spacial score (nSPS) is 12.4. The molecular formula is C13H17ClN4S. The van der Waals surface area contributed by atoms with Gasteiger partial charge in [0, 0.05) is 17.1 Å². The zero-order chi connectivity index (χ0) is 13.7. The number of thiazole rings is 1. The van der Waals surface area contributed by atoms with Crippen LogP contribution in [0.2, 0.25) is 5.15 Å². The molecule has 0 saturated carbocycles. The Morgan fingerprint density at radius 3 is 2.79 bits per heavy atom. The number of hydrogen-bond donors (Lipinski definition) is 1. The van der Waals surface area contributed by atoms with Crippen molar-refractivity contribution in [2.24, 2.45) is 0 Å². The molecule has 1 N–H and O–H groups in total. The van der Waals surface area contributed by atoms with Crippen molar-refractivity contribution in [3.05, 3.63) is 33.6 Å². The van der Waals surface area contributed by atoms with Gasteiger partial charge < -0.3 is 5.32 Å². The van der Waals surface area contributed by atoms with Gasteiger partial charge in [-0.3, -0.25) is 0 Å². The highest BCUT2D eigenvalue weighted by Gasteiger charge is 2.16. The van der Waals surface area contributed by atoms with E-state index in [0.29, 0.717) is 5.15 Å². The summed E-state index contributed by atoms with van der Waals surface area (Å²) in [5.74, 6) is 0.823. The summed E-state index contributed by atoms with van der Waals surface area (Å²) >= 11 is 7.80. The molecule has 2 aromatic heterocycles. The van der Waals surface area contributed by atoms with Crippen LogP contribution >= 0.6 is 22.9 Å². The van der Waals surface area contributed by atoms with E-state index < -0.39 is 0 Å². The molecule has 2 aromatic rings. The van der Waals surface area contributed by atoms with Crippen LogP contribution < -0.4 is 5.32 Å². The summed E-state index contributed by atoms with van der Waals surface area (Å²) < 4.78 is 0. The Bertz CT molecular complexity index is 515. The molecule has 0 fully saturated rings. The van der Waals surface area contributed by atoms with Gasteiger partial charge in [0.15, 0.2) is 0 Å². The Kier molecular flexibility index (Phi) is 5.10. The fourth-order valence-electron chi connectivity index (χ4n) is 1.90. The van der Waals surface area contributed by atoms with Crippen LogP contribution in [0.25, 0.3) is 0 Å². The SMILES string of the molecule is CCCc1c(Cl)ncnc1NC(CC)c1nccs1. The van der Waals surface area contributed by atoms with Crippen molar-refractivity contribution in [2.45, 2.75) is 39.2 Å². The van der Waals surface area contributed by atoms with Gasteiger partial charge in [-0.15, -0.1) is 11.3 Å². The summed E-state index contributed by atoms with van der Waals surface area (Å²) in [6, 6.07) is 0.168. The third-order valence-corrected chi connectivity index (χ3v) is 4.08. The largest absolute Gasteiger partial charge is 0.360 e. The first-order valence-electron chi connectivity index (χ1n) is 6.41. The van der Waals surface area contributed by atoms with E-state index in [-0.39, 0.29) is 6.04 Å². The van der Waals surface area contributed by atoms with Gasteiger partial charge >= 0.3 is 0 Å². The third-order valence-electron chi connectivity index (χ3n) is 2.86. The molecule has 4 nitrogen and oxygen atoms in total. The Balaban J connectivity index is 2.24. The second kappa shape index (κ2) is 6.82. The van der Waals surface area contributed by atoms with E-state index in [9.17, 15) is 0 Å². The number of aromatic nitrogens is 3. The van der Waals surface area contributed by atoms with Crippen molar-refractivity contribution in [1.29, 1.82) is 0 Å². The minimum atomic E-state index is 0.168. The first kappa shape index (κ1) is 14.2. The number of halogens is 1. The van der Waals surface area contributed by atoms with Crippen LogP contribution in [0, 0.1) is 0 Å². The van der Waals surface area contributed by atoms with Crippen molar-refractivity contribution in [2.75, 3.05) is 5.32 Å². The molecule has 0 spiro atoms. The quantitative estimate of drug-likeness (QED) is 0.815. The molecule has 0 aromatic carbocycles. The Hall–Kier alpha value is -1.20. The molecule has 0 aliphatic rings. The van der Waals surface area contributed by atoms with Crippen molar-refractivity contribution in [3.8, 4) is 0 Å². The summed E-state index contributed by atoms with van der Waals surface area (Å²) in [4.78, 5) is 12.7. The minimum absolute atomic E-state index is 0.168. The van der Waals surface area contributed by atoms with Gasteiger partial charge in [-0.1, -0.05) is 31.9 Å². The summed E-state index contributed by atoms with van der Waals surface area (Å²) in [6.07, 6.45) is 6.15. The molecule has 2 rings (SSSR count). The van der Waals surface area contributed by atoms with Crippen molar-refractivity contribution < 1.29 is 0 Å². The third kappa shape index (κ3) is 3.42. The molecule has 0 amide bonds. The second-order valence-corrected chi connectivity index (χ2v) is 5.50. The molecule has 102 valence electrons. The first-order valence-corrected chi connectivity index (χ1v) is 7.67. The van der Waals surface area contributed by atoms with E-state index in [4.69, 9.17) is 11.6 Å². The predicted octanol–water partition coefficient (Wildman–Crippen LogP) is 4.10. The Labute approximate surface area is 122 Å². The van der Waals surface area contributed by atoms with E-state index in [1.54, 1.807) is 11.3 Å². The van der Waals surface area contributed by atoms with Gasteiger partial charge in [-0.05, 0) is 12.8 Å². The van der Waals surface area contributed by atoms with Crippen molar-refractivity contribution in [3.63, 3.8) is 0 Å². The lowest BCUT2D eigenvalue weighted by atomic mass is 10.1. The Morgan fingerprint density at radius 2 is 2.16 bits per heavy atom. The highest BCUT2D eigenvalue weighted by molar-refractivity contribution is 7.09. The molecule has 0 saturated heterocycles. The summed E-state index contributed by atoms with van der Waals surface area (Å²) in [5.41, 5.74) is 0.988. The van der Waals surface area contributed by atoms with Crippen LogP contribution in [-0.4, -0.2) is 15.0 Å². The van der Waals surface area contributed by atoms with Crippen molar-refractivity contribution >= 4 is 28.8 Å². The number of nitrogens with zero attached hydrogens (tertiary/aromatic N) is 3. The number of anilines is 1. The van der Waals surface area contributed by atoms with E-state index >= 15 is 0 Å². The van der Waals surface area contributed by atoms with Crippen LogP contribution in [0.1, 0.15) is 43.3 Å². The molecule has 6 heteroatoms. The van der Waals surface area contributed by atoms with Gasteiger partial charge in [-0.2, -0.15) is 0 Å². The molecule has 2 heterocycles. The fraction of sp³-hybridized carbons (Fsp3) is 0.462. The lowest BCUT2D eigenvalue weighted by Gasteiger charge is -2.17. The lowest BCUT2D eigenvalue weighted by Crippen LogP contribution is -2.13. The van der Waals surface area contributed by atoms with E-state index in [2.05, 4.69) is 34.1 Å². The number of hydrogen-bond acceptors (Lipinski definition) is 5. The standard InChI is InChI=1S/C13H17ClN4S/c1-3-5-9-11(14)16-8-17-12(9)18-10(4-2)13-15-6-7-19-13/h6-8,10H,3-5H2,1-2H3,(H,16,17,18). The molecule has 0 radical (unpaired) electrons. The average Bonchev–Trinajstić information content (AvgIpc) is 2.93. The highest BCUT2D eigenvalue weighted by atomic mass is 35.5. The van der Waals surface area contributed by atoms with E-state index in [1.165, 1.54) is 6.33 Å². The smallest absolute Gasteiger partial charge is 0.137 e. The maximum absolute atomic E-state index is 6.16. The predicted molar refractivity (Wildman–Crippen MR) is 79.8 cm³/mol. The van der Waals surface area contributed by atoms with Crippen LogP contribution in [0.4, 0.5) is 5.82 Å². The van der Waals surface area contributed by atoms with Gasteiger partial charge in [0.25, 0.3) is 0 Å². The van der Waals surface area contributed by atoms with Gasteiger partial charge in [0.05, 0.1) is 6.04 Å². The van der Waals surface area contributed by atoms with Gasteiger partial charge in [-0.25, -0.2) is 15.0 Å². The van der Waals surface area contributed by atoms with Gasteiger partial charge in [0.1, 0.15) is 22.3 Å². The van der Waals surface area contributed by atoms with E-state index in [0.717, 1.165) is 35.7 Å². The maximum atomic E-state index is 6.16. The van der Waals surface area contributed by atoms with Gasteiger partial charge in [0.2, 0.25) is 0 Å². The maximum Gasteiger partial charge on any atom is 0.137 e. The average molecular weight is 297 g/mol. The van der Waals surface area contributed by atoms with Crippen molar-refractivity contribution in [1.82, 2.24) is 15.0 Å². The lowest BCUT2D eigenvalue weighted by molar-refractivity contribution is 0.732. The molecule has 1 atom stereocenters. The minimum Gasteiger partial charge on any atom is -0.360 e. The molecule has 0 bridgehead atoms. The molecule has 0 aliphatic heterocycles. The monoisotopic (exact) mass is 296 g/mol. The number of nitrogens with one attached hydrogen (secondary N) is 1. The zero-order valence-electron chi connectivity index (χ0n) is 11.1. The highest BCUT2D eigenvalue weighted by Crippen LogP contribution is 2.27. The zero-order valence-corrected chi connectivity index (χ0v) is 12.6. The van der Waals surface area contributed by atoms with Crippen LogP contribution in [-0.2, 0) is 6.42 Å². The topological polar surface area (TPSA) is 50.7 Å². The summed E-state index contributed by atoms with van der Waals surface area (Å²) in [7, 11) is 0. The Morgan fingerprint density at radius 1 is 1.32 bits per heavy atom. The van der Waals surface area contributed by atoms with E-state index in [1.807, 2.05) is 11.6 Å². The van der Waals surface area contributed by atoms with Crippen LogP contribution in [0.15, 0.2) is 17.9 Å². The molecule has 1 unspecified atom stereocenters. The number of rotatable bonds is 6. The fourth-order valence-corrected chi connectivity index (χ4v) is 2.90. The molecule has 19 heavy (non-hydrogen) atoms.